The van der Waals surface area contributed by atoms with Crippen LogP contribution in [-0.4, -0.2) is 70.4 Å². The minimum absolute atomic E-state index is 0.0352. The summed E-state index contributed by atoms with van der Waals surface area (Å²) in [6.07, 6.45) is 9.61. The molecule has 0 aromatic heterocycles. The van der Waals surface area contributed by atoms with Crippen molar-refractivity contribution in [1.82, 2.24) is 15.1 Å². The highest BCUT2D eigenvalue weighted by Gasteiger charge is 2.39. The van der Waals surface area contributed by atoms with E-state index >= 15 is 0 Å². The Morgan fingerprint density at radius 2 is 1.70 bits per heavy atom. The van der Waals surface area contributed by atoms with E-state index in [1.165, 1.54) is 0 Å². The molecule has 1 unspecified atom stereocenters. The summed E-state index contributed by atoms with van der Waals surface area (Å²) >= 11 is 0. The van der Waals surface area contributed by atoms with Crippen LogP contribution in [0.3, 0.4) is 0 Å². The van der Waals surface area contributed by atoms with Crippen LogP contribution < -0.4 is 5.32 Å². The van der Waals surface area contributed by atoms with Crippen molar-refractivity contribution in [3.63, 3.8) is 0 Å². The van der Waals surface area contributed by atoms with Crippen molar-refractivity contribution in [2.45, 2.75) is 110 Å². The van der Waals surface area contributed by atoms with E-state index in [0.29, 0.717) is 6.04 Å². The molecule has 0 bridgehead atoms. The minimum atomic E-state index is -0.982. The number of piperidine rings is 1. The van der Waals surface area contributed by atoms with E-state index < -0.39 is 12.0 Å². The van der Waals surface area contributed by atoms with E-state index in [9.17, 15) is 19.5 Å². The number of amides is 2. The van der Waals surface area contributed by atoms with Gasteiger partial charge in [0.15, 0.2) is 0 Å². The van der Waals surface area contributed by atoms with Gasteiger partial charge >= 0.3 is 5.97 Å². The van der Waals surface area contributed by atoms with Gasteiger partial charge in [-0.15, -0.1) is 0 Å². The molecule has 0 aromatic rings. The highest BCUT2D eigenvalue weighted by molar-refractivity contribution is 5.90. The van der Waals surface area contributed by atoms with Gasteiger partial charge in [-0.3, -0.25) is 14.5 Å². The molecular formula is C26H45N3O4. The number of carbonyl (C=O) groups excluding carboxylic acids is 2. The van der Waals surface area contributed by atoms with E-state index in [-0.39, 0.29) is 41.3 Å². The van der Waals surface area contributed by atoms with E-state index in [1.807, 2.05) is 13.8 Å². The van der Waals surface area contributed by atoms with Gasteiger partial charge in [0.25, 0.3) is 0 Å². The third-order valence-corrected chi connectivity index (χ3v) is 7.67. The van der Waals surface area contributed by atoms with E-state index in [0.717, 1.165) is 57.9 Å². The molecule has 1 saturated heterocycles. The summed E-state index contributed by atoms with van der Waals surface area (Å²) in [6, 6.07) is -0.768. The standard InChI is InChI=1S/C26H45N3O4/c1-7-19(5)29-15-11-10-14-21(29)24(30)27-23(20-12-8-9-13-20)25(31)28(6)22(17(2)3)16-18(4)26(32)33/h16-17,19-23H,7-15H2,1-6H3,(H,27,30)(H,32,33)/t19?,21-,22-,23+/m1/s1. The van der Waals surface area contributed by atoms with Gasteiger partial charge in [0.1, 0.15) is 6.04 Å². The Kier molecular flexibility index (Phi) is 10.4. The van der Waals surface area contributed by atoms with Crippen molar-refractivity contribution in [1.29, 1.82) is 0 Å². The van der Waals surface area contributed by atoms with Gasteiger partial charge in [0.05, 0.1) is 12.1 Å². The molecule has 0 aromatic carbocycles. The summed E-state index contributed by atoms with van der Waals surface area (Å²) in [5, 5.41) is 12.5. The third-order valence-electron chi connectivity index (χ3n) is 7.67. The Morgan fingerprint density at radius 3 is 2.24 bits per heavy atom. The summed E-state index contributed by atoms with van der Waals surface area (Å²) in [5.41, 5.74) is 0.223. The number of hydrogen-bond acceptors (Lipinski definition) is 4. The molecule has 7 nitrogen and oxygen atoms in total. The van der Waals surface area contributed by atoms with Crippen molar-refractivity contribution in [3.05, 3.63) is 11.6 Å². The van der Waals surface area contributed by atoms with Crippen LogP contribution in [0, 0.1) is 11.8 Å². The van der Waals surface area contributed by atoms with Crippen molar-refractivity contribution in [2.75, 3.05) is 13.6 Å². The number of likely N-dealkylation sites (N-methyl/N-ethyl adjacent to an activating group) is 1. The molecule has 7 heteroatoms. The quantitative estimate of drug-likeness (QED) is 0.481. The Balaban J connectivity index is 2.26. The van der Waals surface area contributed by atoms with Gasteiger partial charge < -0.3 is 15.3 Å². The number of likely N-dealkylation sites (tertiary alicyclic amines) is 1. The zero-order chi connectivity index (χ0) is 24.7. The lowest BCUT2D eigenvalue weighted by Crippen LogP contribution is -2.59. The number of rotatable bonds is 10. The maximum atomic E-state index is 13.7. The highest BCUT2D eigenvalue weighted by Crippen LogP contribution is 2.30. The topological polar surface area (TPSA) is 90.0 Å². The molecule has 188 valence electrons. The number of hydrogen-bond donors (Lipinski definition) is 2. The van der Waals surface area contributed by atoms with Gasteiger partial charge in [0, 0.05) is 18.7 Å². The smallest absolute Gasteiger partial charge is 0.331 e. The van der Waals surface area contributed by atoms with Gasteiger partial charge in [0.2, 0.25) is 11.8 Å². The predicted octanol–water partition coefficient (Wildman–Crippen LogP) is 3.83. The van der Waals surface area contributed by atoms with Crippen molar-refractivity contribution >= 4 is 17.8 Å². The number of carbonyl (C=O) groups is 3. The van der Waals surface area contributed by atoms with E-state index in [4.69, 9.17) is 0 Å². The zero-order valence-corrected chi connectivity index (χ0v) is 21.5. The zero-order valence-electron chi connectivity index (χ0n) is 21.5. The molecule has 0 spiro atoms. The molecule has 2 N–H and O–H groups in total. The average Bonchev–Trinajstić information content (AvgIpc) is 3.33. The van der Waals surface area contributed by atoms with Crippen LogP contribution in [0.5, 0.6) is 0 Å². The Bertz CT molecular complexity index is 714. The molecule has 1 aliphatic carbocycles. The minimum Gasteiger partial charge on any atom is -0.478 e. The second kappa shape index (κ2) is 12.5. The number of nitrogens with one attached hydrogen (secondary N) is 1. The Morgan fingerprint density at radius 1 is 1.09 bits per heavy atom. The van der Waals surface area contributed by atoms with Crippen molar-refractivity contribution in [3.8, 4) is 0 Å². The molecule has 1 saturated carbocycles. The highest BCUT2D eigenvalue weighted by atomic mass is 16.4. The predicted molar refractivity (Wildman–Crippen MR) is 131 cm³/mol. The first-order valence-corrected chi connectivity index (χ1v) is 12.8. The molecule has 33 heavy (non-hydrogen) atoms. The van der Waals surface area contributed by atoms with Crippen LogP contribution in [0.15, 0.2) is 11.6 Å². The van der Waals surface area contributed by atoms with E-state index in [1.54, 1.807) is 24.9 Å². The molecule has 2 fully saturated rings. The summed E-state index contributed by atoms with van der Waals surface area (Å²) < 4.78 is 0. The maximum Gasteiger partial charge on any atom is 0.331 e. The fourth-order valence-corrected chi connectivity index (χ4v) is 5.36. The third kappa shape index (κ3) is 7.05. The van der Waals surface area contributed by atoms with Crippen LogP contribution in [0.25, 0.3) is 0 Å². The van der Waals surface area contributed by atoms with Crippen LogP contribution in [0.2, 0.25) is 0 Å². The summed E-state index contributed by atoms with van der Waals surface area (Å²) in [6.45, 7) is 10.8. The number of nitrogens with zero attached hydrogens (tertiary/aromatic N) is 2. The fourth-order valence-electron chi connectivity index (χ4n) is 5.36. The van der Waals surface area contributed by atoms with Gasteiger partial charge in [-0.05, 0) is 64.3 Å². The van der Waals surface area contributed by atoms with Crippen molar-refractivity contribution in [2.24, 2.45) is 11.8 Å². The summed E-state index contributed by atoms with van der Waals surface area (Å²) in [4.78, 5) is 42.6. The molecule has 0 radical (unpaired) electrons. The maximum absolute atomic E-state index is 13.7. The molecule has 4 atom stereocenters. The molecule has 2 amide bonds. The molecule has 1 aliphatic heterocycles. The number of carboxylic acid groups (broad SMARTS) is 1. The normalized spacial score (nSPS) is 23.2. The largest absolute Gasteiger partial charge is 0.478 e. The summed E-state index contributed by atoms with van der Waals surface area (Å²) in [7, 11) is 1.73. The van der Waals surface area contributed by atoms with Crippen LogP contribution >= 0.6 is 0 Å². The first kappa shape index (κ1) is 27.4. The lowest BCUT2D eigenvalue weighted by Gasteiger charge is -2.40. The average molecular weight is 464 g/mol. The lowest BCUT2D eigenvalue weighted by atomic mass is 9.93. The molecule has 2 rings (SSSR count). The number of aliphatic carboxylic acids is 1. The number of carboxylic acids is 1. The van der Waals surface area contributed by atoms with E-state index in [2.05, 4.69) is 24.1 Å². The Labute approximate surface area is 200 Å². The molecule has 1 heterocycles. The van der Waals surface area contributed by atoms with Crippen LogP contribution in [-0.2, 0) is 14.4 Å². The van der Waals surface area contributed by atoms with Gasteiger partial charge in [-0.25, -0.2) is 4.79 Å². The second-order valence-corrected chi connectivity index (χ2v) is 10.4. The molecular weight excluding hydrogens is 418 g/mol. The second-order valence-electron chi connectivity index (χ2n) is 10.4. The van der Waals surface area contributed by atoms with Gasteiger partial charge in [-0.2, -0.15) is 0 Å². The Hall–Kier alpha value is -1.89. The van der Waals surface area contributed by atoms with Crippen LogP contribution in [0.1, 0.15) is 86.0 Å². The van der Waals surface area contributed by atoms with Gasteiger partial charge in [-0.1, -0.05) is 46.1 Å². The van der Waals surface area contributed by atoms with Crippen molar-refractivity contribution < 1.29 is 19.5 Å². The summed E-state index contributed by atoms with van der Waals surface area (Å²) in [5.74, 6) is -0.958. The lowest BCUT2D eigenvalue weighted by molar-refractivity contribution is -0.140. The monoisotopic (exact) mass is 463 g/mol. The molecule has 2 aliphatic rings. The van der Waals surface area contributed by atoms with Crippen LogP contribution in [0.4, 0.5) is 0 Å². The first-order chi connectivity index (χ1) is 15.6. The first-order valence-electron chi connectivity index (χ1n) is 12.8. The SMILES string of the molecule is CCC(C)N1CCCC[C@@H]1C(=O)N[C@H](C(=O)N(C)[C@H](C=C(C)C(=O)O)C(C)C)C1CCCC1. The fraction of sp³-hybridized carbons (Fsp3) is 0.808.